The number of benzene rings is 1. The average molecular weight is 270 g/mol. The van der Waals surface area contributed by atoms with E-state index in [-0.39, 0.29) is 11.9 Å². The second-order valence-electron chi connectivity index (χ2n) is 5.31. The molecule has 0 saturated carbocycles. The van der Waals surface area contributed by atoms with Gasteiger partial charge in [-0.3, -0.25) is 4.79 Å². The van der Waals surface area contributed by atoms with E-state index in [9.17, 15) is 4.79 Å². The van der Waals surface area contributed by atoms with Crippen LogP contribution >= 0.6 is 0 Å². The van der Waals surface area contributed by atoms with Crippen LogP contribution in [0.1, 0.15) is 34.7 Å². The van der Waals surface area contributed by atoms with Crippen molar-refractivity contribution >= 4 is 5.91 Å². The van der Waals surface area contributed by atoms with E-state index in [1.54, 1.807) is 13.0 Å². The Morgan fingerprint density at radius 1 is 1.40 bits per heavy atom. The van der Waals surface area contributed by atoms with Gasteiger partial charge in [0.2, 0.25) is 0 Å². The molecular weight excluding hydrogens is 252 g/mol. The Morgan fingerprint density at radius 2 is 2.20 bits per heavy atom. The lowest BCUT2D eigenvalue weighted by molar-refractivity contribution is 0.0726. The maximum absolute atomic E-state index is 12.5. The molecule has 1 fully saturated rings. The Balaban J connectivity index is 1.74. The molecule has 3 rings (SSSR count). The number of aromatic nitrogens is 1. The van der Waals surface area contributed by atoms with Gasteiger partial charge in [0.05, 0.1) is 0 Å². The van der Waals surface area contributed by atoms with Crippen LogP contribution in [0.3, 0.4) is 0 Å². The first-order valence-corrected chi connectivity index (χ1v) is 7.02. The molecule has 4 nitrogen and oxygen atoms in total. The fourth-order valence-corrected chi connectivity index (χ4v) is 2.82. The highest BCUT2D eigenvalue weighted by atomic mass is 16.5. The Bertz CT molecular complexity index is 592. The number of amides is 1. The zero-order valence-electron chi connectivity index (χ0n) is 11.6. The predicted octanol–water partition coefficient (Wildman–Crippen LogP) is 2.83. The van der Waals surface area contributed by atoms with Crippen LogP contribution in [-0.4, -0.2) is 28.6 Å². The molecule has 1 aliphatic rings. The summed E-state index contributed by atoms with van der Waals surface area (Å²) in [6, 6.07) is 12.3. The number of hydrogen-bond acceptors (Lipinski definition) is 3. The summed E-state index contributed by atoms with van der Waals surface area (Å²) in [6.45, 7) is 2.61. The molecule has 1 aromatic heterocycles. The molecule has 0 spiro atoms. The molecule has 0 bridgehead atoms. The predicted molar refractivity (Wildman–Crippen MR) is 75.4 cm³/mol. The molecule has 2 aromatic rings. The SMILES string of the molecule is Cc1cc(C(=O)N2CCC[C@H]2Cc2ccccc2)no1. The third-order valence-corrected chi connectivity index (χ3v) is 3.80. The van der Waals surface area contributed by atoms with Crippen molar-refractivity contribution in [3.63, 3.8) is 0 Å². The van der Waals surface area contributed by atoms with E-state index in [1.165, 1.54) is 5.56 Å². The summed E-state index contributed by atoms with van der Waals surface area (Å²) < 4.78 is 5.00. The number of likely N-dealkylation sites (tertiary alicyclic amines) is 1. The third kappa shape index (κ3) is 2.59. The molecule has 1 atom stereocenters. The Hall–Kier alpha value is -2.10. The van der Waals surface area contributed by atoms with E-state index in [4.69, 9.17) is 4.52 Å². The lowest BCUT2D eigenvalue weighted by Crippen LogP contribution is -2.37. The molecule has 0 radical (unpaired) electrons. The van der Waals surface area contributed by atoms with Crippen molar-refractivity contribution in [2.45, 2.75) is 32.2 Å². The quantitative estimate of drug-likeness (QED) is 0.861. The molecule has 1 aliphatic heterocycles. The minimum absolute atomic E-state index is 0.0136. The number of carbonyl (C=O) groups is 1. The molecule has 104 valence electrons. The zero-order chi connectivity index (χ0) is 13.9. The zero-order valence-corrected chi connectivity index (χ0v) is 11.6. The standard InChI is InChI=1S/C16H18N2O2/c1-12-10-15(17-20-12)16(19)18-9-5-8-14(18)11-13-6-3-2-4-7-13/h2-4,6-7,10,14H,5,8-9,11H2,1H3/t14-/m0/s1. The molecule has 1 aromatic carbocycles. The van der Waals surface area contributed by atoms with E-state index in [0.717, 1.165) is 25.8 Å². The van der Waals surface area contributed by atoms with Crippen molar-refractivity contribution in [2.75, 3.05) is 6.54 Å². The van der Waals surface area contributed by atoms with Gasteiger partial charge in [0.25, 0.3) is 5.91 Å². The fourth-order valence-electron chi connectivity index (χ4n) is 2.82. The Kier molecular flexibility index (Phi) is 3.54. The molecule has 20 heavy (non-hydrogen) atoms. The monoisotopic (exact) mass is 270 g/mol. The van der Waals surface area contributed by atoms with Crippen LogP contribution in [0, 0.1) is 6.92 Å². The van der Waals surface area contributed by atoms with E-state index in [1.807, 2.05) is 23.1 Å². The van der Waals surface area contributed by atoms with Crippen LogP contribution in [0.15, 0.2) is 40.9 Å². The van der Waals surface area contributed by atoms with Crippen LogP contribution in [-0.2, 0) is 6.42 Å². The van der Waals surface area contributed by atoms with Gasteiger partial charge in [0.15, 0.2) is 5.69 Å². The average Bonchev–Trinajstić information content (AvgIpc) is 3.08. The summed E-state index contributed by atoms with van der Waals surface area (Å²) in [5.74, 6) is 0.660. The Morgan fingerprint density at radius 3 is 2.90 bits per heavy atom. The molecule has 1 amide bonds. The van der Waals surface area contributed by atoms with Crippen molar-refractivity contribution in [2.24, 2.45) is 0 Å². The first-order valence-electron chi connectivity index (χ1n) is 7.02. The normalized spacial score (nSPS) is 18.4. The highest BCUT2D eigenvalue weighted by Gasteiger charge is 2.30. The van der Waals surface area contributed by atoms with Gasteiger partial charge in [-0.25, -0.2) is 0 Å². The van der Waals surface area contributed by atoms with Gasteiger partial charge >= 0.3 is 0 Å². The van der Waals surface area contributed by atoms with Crippen LogP contribution in [0.25, 0.3) is 0 Å². The van der Waals surface area contributed by atoms with Crippen molar-refractivity contribution in [1.82, 2.24) is 10.1 Å². The minimum Gasteiger partial charge on any atom is -0.361 e. The number of aryl methyl sites for hydroxylation is 1. The molecule has 0 N–H and O–H groups in total. The van der Waals surface area contributed by atoms with Gasteiger partial charge < -0.3 is 9.42 Å². The number of nitrogens with zero attached hydrogens (tertiary/aromatic N) is 2. The maximum atomic E-state index is 12.5. The van der Waals surface area contributed by atoms with Gasteiger partial charge in [0.1, 0.15) is 5.76 Å². The lowest BCUT2D eigenvalue weighted by Gasteiger charge is -2.23. The fraction of sp³-hybridized carbons (Fsp3) is 0.375. The first kappa shape index (κ1) is 12.9. The van der Waals surface area contributed by atoms with Gasteiger partial charge in [-0.05, 0) is 31.7 Å². The van der Waals surface area contributed by atoms with Gasteiger partial charge in [0, 0.05) is 18.7 Å². The smallest absolute Gasteiger partial charge is 0.276 e. The minimum atomic E-state index is -0.0136. The van der Waals surface area contributed by atoms with Crippen LogP contribution in [0.5, 0.6) is 0 Å². The Labute approximate surface area is 118 Å². The number of carbonyl (C=O) groups excluding carboxylic acids is 1. The summed E-state index contributed by atoms with van der Waals surface area (Å²) in [5, 5.41) is 3.84. The summed E-state index contributed by atoms with van der Waals surface area (Å²) in [6.07, 6.45) is 3.01. The largest absolute Gasteiger partial charge is 0.361 e. The number of rotatable bonds is 3. The first-order chi connectivity index (χ1) is 9.74. The van der Waals surface area contributed by atoms with Gasteiger partial charge in [-0.1, -0.05) is 35.5 Å². The molecular formula is C16H18N2O2. The van der Waals surface area contributed by atoms with E-state index >= 15 is 0 Å². The second kappa shape index (κ2) is 5.49. The van der Waals surface area contributed by atoms with Crippen molar-refractivity contribution in [1.29, 1.82) is 0 Å². The van der Waals surface area contributed by atoms with Gasteiger partial charge in [-0.15, -0.1) is 0 Å². The molecule has 0 aliphatic carbocycles. The molecule has 4 heteroatoms. The topological polar surface area (TPSA) is 46.3 Å². The van der Waals surface area contributed by atoms with E-state index in [2.05, 4.69) is 17.3 Å². The number of hydrogen-bond donors (Lipinski definition) is 0. The summed E-state index contributed by atoms with van der Waals surface area (Å²) in [4.78, 5) is 14.4. The highest BCUT2D eigenvalue weighted by Crippen LogP contribution is 2.23. The van der Waals surface area contributed by atoms with Crippen LogP contribution in [0.2, 0.25) is 0 Å². The maximum Gasteiger partial charge on any atom is 0.276 e. The van der Waals surface area contributed by atoms with Crippen LogP contribution < -0.4 is 0 Å². The van der Waals surface area contributed by atoms with E-state index in [0.29, 0.717) is 11.5 Å². The van der Waals surface area contributed by atoms with Crippen molar-refractivity contribution in [3.8, 4) is 0 Å². The van der Waals surface area contributed by atoms with E-state index < -0.39 is 0 Å². The second-order valence-corrected chi connectivity index (χ2v) is 5.31. The summed E-state index contributed by atoms with van der Waals surface area (Å²) >= 11 is 0. The van der Waals surface area contributed by atoms with Crippen LogP contribution in [0.4, 0.5) is 0 Å². The van der Waals surface area contributed by atoms with Crippen molar-refractivity contribution < 1.29 is 9.32 Å². The molecule has 2 heterocycles. The van der Waals surface area contributed by atoms with Crippen molar-refractivity contribution in [3.05, 3.63) is 53.4 Å². The highest BCUT2D eigenvalue weighted by molar-refractivity contribution is 5.92. The molecule has 0 unspecified atom stereocenters. The van der Waals surface area contributed by atoms with Gasteiger partial charge in [-0.2, -0.15) is 0 Å². The summed E-state index contributed by atoms with van der Waals surface area (Å²) in [5.41, 5.74) is 1.69. The lowest BCUT2D eigenvalue weighted by atomic mass is 10.0. The third-order valence-electron chi connectivity index (χ3n) is 3.80. The molecule has 1 saturated heterocycles. The summed E-state index contributed by atoms with van der Waals surface area (Å²) in [7, 11) is 0.